The highest BCUT2D eigenvalue weighted by Gasteiger charge is 2.35. The largest absolute Gasteiger partial charge is 0.431 e. The molecule has 0 aliphatic rings. The Hall–Kier alpha value is -2.62. The van der Waals surface area contributed by atoms with Crippen molar-refractivity contribution in [2.75, 3.05) is 7.05 Å². The monoisotopic (exact) mass is 373 g/mol. The molecule has 25 heavy (non-hydrogen) atoms. The molecule has 0 unspecified atom stereocenters. The average Bonchev–Trinajstić information content (AvgIpc) is 3.00. The summed E-state index contributed by atoms with van der Waals surface area (Å²) in [6.45, 7) is -0.663. The van der Waals surface area contributed by atoms with Crippen LogP contribution in [0, 0.1) is 0 Å². The Kier molecular flexibility index (Phi) is 5.31. The van der Waals surface area contributed by atoms with Gasteiger partial charge in [0.1, 0.15) is 17.8 Å². The summed E-state index contributed by atoms with van der Waals surface area (Å²) in [7, 11) is 1.41. The summed E-state index contributed by atoms with van der Waals surface area (Å²) < 4.78 is 39.6. The maximum absolute atomic E-state index is 13.1. The number of alkyl halides is 3. The van der Waals surface area contributed by atoms with E-state index in [1.54, 1.807) is 16.8 Å². The highest BCUT2D eigenvalue weighted by atomic mass is 32.1. The van der Waals surface area contributed by atoms with Gasteiger partial charge in [-0.2, -0.15) is 24.5 Å². The molecule has 0 spiro atoms. The number of hydrogen-bond acceptors (Lipinski definition) is 4. The van der Waals surface area contributed by atoms with Gasteiger partial charge >= 0.3 is 6.18 Å². The second-order valence-corrected chi connectivity index (χ2v) is 6.05. The number of likely N-dealkylation sites (N-methyl/N-ethyl adjacent to an activating group) is 1. The molecule has 2 rings (SSSR count). The van der Waals surface area contributed by atoms with Gasteiger partial charge in [-0.3, -0.25) is 19.0 Å². The third-order valence-corrected chi connectivity index (χ3v) is 4.18. The zero-order valence-corrected chi connectivity index (χ0v) is 13.9. The highest BCUT2D eigenvalue weighted by Crippen LogP contribution is 2.28. The lowest BCUT2D eigenvalue weighted by molar-refractivity contribution is -0.145. The van der Waals surface area contributed by atoms with Gasteiger partial charge in [-0.1, -0.05) is 0 Å². The zero-order valence-electron chi connectivity index (χ0n) is 13.0. The standard InChI is InChI=1S/C15H14F3N3O3S/c1-20(6-9-4-5-25-8-9)12(22)7-21-11(15(16,17)18)3-2-10(13(19)23)14(21)24/h2-5,8H,6-7H2,1H3,(H2,19,23). The molecule has 0 atom stereocenters. The summed E-state index contributed by atoms with van der Waals surface area (Å²) >= 11 is 1.42. The van der Waals surface area contributed by atoms with Crippen LogP contribution in [-0.4, -0.2) is 28.3 Å². The van der Waals surface area contributed by atoms with E-state index in [2.05, 4.69) is 0 Å². The molecule has 2 aromatic heterocycles. The average molecular weight is 373 g/mol. The quantitative estimate of drug-likeness (QED) is 0.865. The van der Waals surface area contributed by atoms with Crippen molar-refractivity contribution in [3.8, 4) is 0 Å². The molecule has 0 aliphatic heterocycles. The van der Waals surface area contributed by atoms with Crippen LogP contribution in [-0.2, 0) is 24.1 Å². The number of nitrogens with zero attached hydrogens (tertiary/aromatic N) is 2. The summed E-state index contributed by atoms with van der Waals surface area (Å²) in [5, 5.41) is 3.60. The van der Waals surface area contributed by atoms with Gasteiger partial charge in [-0.25, -0.2) is 0 Å². The van der Waals surface area contributed by atoms with Crippen LogP contribution >= 0.6 is 11.3 Å². The summed E-state index contributed by atoms with van der Waals surface area (Å²) in [6.07, 6.45) is -4.86. The van der Waals surface area contributed by atoms with Crippen LogP contribution in [0.4, 0.5) is 13.2 Å². The highest BCUT2D eigenvalue weighted by molar-refractivity contribution is 7.07. The van der Waals surface area contributed by atoms with E-state index in [-0.39, 0.29) is 11.1 Å². The van der Waals surface area contributed by atoms with Gasteiger partial charge in [0.15, 0.2) is 0 Å². The number of amides is 2. The normalized spacial score (nSPS) is 11.4. The van der Waals surface area contributed by atoms with Gasteiger partial charge in [-0.05, 0) is 34.5 Å². The number of carbonyl (C=O) groups excluding carboxylic acids is 2. The molecule has 2 heterocycles. The number of rotatable bonds is 5. The first-order chi connectivity index (χ1) is 11.6. The number of aromatic nitrogens is 1. The molecular formula is C15H14F3N3O3S. The Balaban J connectivity index is 2.36. The first kappa shape index (κ1) is 18.7. The van der Waals surface area contributed by atoms with Crippen LogP contribution < -0.4 is 11.3 Å². The predicted molar refractivity (Wildman–Crippen MR) is 85.0 cm³/mol. The number of hydrogen-bond donors (Lipinski definition) is 1. The zero-order chi connectivity index (χ0) is 18.8. The van der Waals surface area contributed by atoms with Crippen LogP contribution in [0.1, 0.15) is 21.6 Å². The van der Waals surface area contributed by atoms with Crippen molar-refractivity contribution >= 4 is 23.2 Å². The number of carbonyl (C=O) groups is 2. The predicted octanol–water partition coefficient (Wildman–Crippen LogP) is 1.69. The second kappa shape index (κ2) is 7.09. The van der Waals surface area contributed by atoms with Crippen molar-refractivity contribution in [2.24, 2.45) is 5.73 Å². The molecule has 2 aromatic rings. The number of halogens is 3. The summed E-state index contributed by atoms with van der Waals surface area (Å²) in [4.78, 5) is 36.8. The van der Waals surface area contributed by atoms with Crippen LogP contribution in [0.2, 0.25) is 0 Å². The number of primary amides is 1. The molecule has 6 nitrogen and oxygen atoms in total. The molecule has 2 N–H and O–H groups in total. The fourth-order valence-electron chi connectivity index (χ4n) is 2.17. The van der Waals surface area contributed by atoms with Crippen molar-refractivity contribution in [1.82, 2.24) is 9.47 Å². The molecule has 0 saturated heterocycles. The van der Waals surface area contributed by atoms with Gasteiger partial charge in [0, 0.05) is 13.6 Å². The lowest BCUT2D eigenvalue weighted by atomic mass is 10.2. The van der Waals surface area contributed by atoms with Crippen molar-refractivity contribution in [2.45, 2.75) is 19.3 Å². The molecule has 2 amide bonds. The van der Waals surface area contributed by atoms with E-state index in [4.69, 9.17) is 5.73 Å². The molecule has 0 fully saturated rings. The van der Waals surface area contributed by atoms with Gasteiger partial charge in [0.2, 0.25) is 5.91 Å². The van der Waals surface area contributed by atoms with Gasteiger partial charge in [-0.15, -0.1) is 0 Å². The van der Waals surface area contributed by atoms with Gasteiger partial charge in [0.05, 0.1) is 0 Å². The van der Waals surface area contributed by atoms with Crippen molar-refractivity contribution in [3.63, 3.8) is 0 Å². The molecule has 0 aliphatic carbocycles. The SMILES string of the molecule is CN(Cc1ccsc1)C(=O)Cn1c(C(F)(F)F)ccc(C(N)=O)c1=O. The fourth-order valence-corrected chi connectivity index (χ4v) is 2.83. The van der Waals surface area contributed by atoms with E-state index in [1.807, 2.05) is 0 Å². The van der Waals surface area contributed by atoms with E-state index in [0.717, 1.165) is 5.56 Å². The first-order valence-electron chi connectivity index (χ1n) is 6.97. The van der Waals surface area contributed by atoms with E-state index in [0.29, 0.717) is 12.1 Å². The number of nitrogens with two attached hydrogens (primary N) is 1. The number of pyridine rings is 1. The van der Waals surface area contributed by atoms with E-state index in [1.165, 1.54) is 23.3 Å². The smallest absolute Gasteiger partial charge is 0.365 e. The van der Waals surface area contributed by atoms with Crippen LogP contribution in [0.3, 0.4) is 0 Å². The van der Waals surface area contributed by atoms with Gasteiger partial charge in [0.25, 0.3) is 11.5 Å². The summed E-state index contributed by atoms with van der Waals surface area (Å²) in [5.41, 5.74) is 2.63. The minimum Gasteiger partial charge on any atom is -0.365 e. The molecule has 134 valence electrons. The Morgan fingerprint density at radius 2 is 1.96 bits per heavy atom. The van der Waals surface area contributed by atoms with E-state index < -0.39 is 41.4 Å². The maximum Gasteiger partial charge on any atom is 0.431 e. The maximum atomic E-state index is 13.1. The molecule has 0 saturated carbocycles. The third kappa shape index (κ3) is 4.27. The Morgan fingerprint density at radius 1 is 1.28 bits per heavy atom. The van der Waals surface area contributed by atoms with Gasteiger partial charge < -0.3 is 10.6 Å². The van der Waals surface area contributed by atoms with Crippen molar-refractivity contribution in [3.05, 3.63) is 56.1 Å². The fraction of sp³-hybridized carbons (Fsp3) is 0.267. The van der Waals surface area contributed by atoms with Crippen molar-refractivity contribution in [1.29, 1.82) is 0 Å². The third-order valence-electron chi connectivity index (χ3n) is 3.45. The lowest BCUT2D eigenvalue weighted by Crippen LogP contribution is -2.39. The minimum atomic E-state index is -4.86. The molecule has 10 heteroatoms. The number of thiophene rings is 1. The lowest BCUT2D eigenvalue weighted by Gasteiger charge is -2.20. The van der Waals surface area contributed by atoms with E-state index >= 15 is 0 Å². The molecule has 0 bridgehead atoms. The topological polar surface area (TPSA) is 85.4 Å². The summed E-state index contributed by atoms with van der Waals surface area (Å²) in [6, 6.07) is 3.05. The van der Waals surface area contributed by atoms with Crippen molar-refractivity contribution < 1.29 is 22.8 Å². The van der Waals surface area contributed by atoms with Crippen LogP contribution in [0.15, 0.2) is 33.8 Å². The Morgan fingerprint density at radius 3 is 2.48 bits per heavy atom. The van der Waals surface area contributed by atoms with Crippen LogP contribution in [0.5, 0.6) is 0 Å². The minimum absolute atomic E-state index is 0.188. The molecular weight excluding hydrogens is 359 g/mol. The van der Waals surface area contributed by atoms with Crippen LogP contribution in [0.25, 0.3) is 0 Å². The second-order valence-electron chi connectivity index (χ2n) is 5.27. The summed E-state index contributed by atoms with van der Waals surface area (Å²) in [5.74, 6) is -1.87. The molecule has 0 radical (unpaired) electrons. The molecule has 0 aromatic carbocycles. The Labute approximate surface area is 144 Å². The van der Waals surface area contributed by atoms with E-state index in [9.17, 15) is 27.6 Å². The first-order valence-corrected chi connectivity index (χ1v) is 7.91. The Bertz CT molecular complexity index is 844.